The van der Waals surface area contributed by atoms with Gasteiger partial charge >= 0.3 is 0 Å². The average molecular weight is 396 g/mol. The van der Waals surface area contributed by atoms with Gasteiger partial charge in [-0.05, 0) is 38.0 Å². The molecule has 3 rings (SSSR count). The van der Waals surface area contributed by atoms with Crippen molar-refractivity contribution >= 4 is 17.4 Å². The van der Waals surface area contributed by atoms with Gasteiger partial charge in [-0.25, -0.2) is 9.97 Å². The van der Waals surface area contributed by atoms with Gasteiger partial charge in [0.25, 0.3) is 0 Å². The number of aromatic nitrogens is 2. The van der Waals surface area contributed by atoms with Crippen molar-refractivity contribution in [3.05, 3.63) is 47.4 Å². The molecule has 1 N–H and O–H groups in total. The molecular weight excluding hydrogens is 362 g/mol. The Balaban J connectivity index is 1.57. The van der Waals surface area contributed by atoms with Crippen LogP contribution in [0, 0.1) is 6.92 Å². The van der Waals surface area contributed by atoms with Gasteiger partial charge in [-0.2, -0.15) is 0 Å². The van der Waals surface area contributed by atoms with Crippen molar-refractivity contribution in [3.63, 3.8) is 0 Å². The molecule has 6 heteroatoms. The maximum absolute atomic E-state index is 12.7. The fraction of sp³-hybridized carbons (Fsp3) is 0.522. The molecule has 1 unspecified atom stereocenters. The standard InChI is InChI=1S/C23H33N5O/c1-6-19-7-9-20(10-8-19)25-23(29)18(5)27-11-13-28(14-12-27)21-15-17(4)24-22(26-21)16(2)3/h7-10,15-16,18H,6,11-14H2,1-5H3,(H,25,29). The molecule has 1 fully saturated rings. The third-order valence-electron chi connectivity index (χ3n) is 5.57. The molecule has 29 heavy (non-hydrogen) atoms. The monoisotopic (exact) mass is 395 g/mol. The van der Waals surface area contributed by atoms with Crippen LogP contribution < -0.4 is 10.2 Å². The Labute approximate surface area is 174 Å². The molecule has 2 heterocycles. The predicted molar refractivity (Wildman–Crippen MR) is 119 cm³/mol. The van der Waals surface area contributed by atoms with Gasteiger partial charge < -0.3 is 10.2 Å². The number of rotatable bonds is 6. The topological polar surface area (TPSA) is 61.4 Å². The summed E-state index contributed by atoms with van der Waals surface area (Å²) in [6, 6.07) is 9.97. The molecule has 2 aromatic rings. The minimum Gasteiger partial charge on any atom is -0.354 e. The van der Waals surface area contributed by atoms with E-state index in [-0.39, 0.29) is 11.9 Å². The Kier molecular flexibility index (Phi) is 6.85. The van der Waals surface area contributed by atoms with E-state index in [2.05, 4.69) is 59.1 Å². The fourth-order valence-electron chi connectivity index (χ4n) is 3.57. The summed E-state index contributed by atoms with van der Waals surface area (Å²) < 4.78 is 0. The summed E-state index contributed by atoms with van der Waals surface area (Å²) in [5.41, 5.74) is 3.13. The second-order valence-electron chi connectivity index (χ2n) is 8.12. The minimum atomic E-state index is -0.165. The molecule has 0 radical (unpaired) electrons. The highest BCUT2D eigenvalue weighted by Crippen LogP contribution is 2.20. The second-order valence-corrected chi connectivity index (χ2v) is 8.12. The zero-order chi connectivity index (χ0) is 21.0. The fourth-order valence-corrected chi connectivity index (χ4v) is 3.57. The number of carbonyl (C=O) groups is 1. The number of amides is 1. The van der Waals surface area contributed by atoms with Crippen molar-refractivity contribution in [1.82, 2.24) is 14.9 Å². The molecule has 1 amide bonds. The maximum atomic E-state index is 12.7. The molecule has 156 valence electrons. The quantitative estimate of drug-likeness (QED) is 0.809. The van der Waals surface area contributed by atoms with Crippen molar-refractivity contribution < 1.29 is 4.79 Å². The lowest BCUT2D eigenvalue weighted by atomic mass is 10.1. The first-order valence-corrected chi connectivity index (χ1v) is 10.6. The zero-order valence-corrected chi connectivity index (χ0v) is 18.3. The summed E-state index contributed by atoms with van der Waals surface area (Å²) in [4.78, 5) is 26.5. The van der Waals surface area contributed by atoms with E-state index in [4.69, 9.17) is 4.98 Å². The van der Waals surface area contributed by atoms with Gasteiger partial charge in [0.15, 0.2) is 0 Å². The van der Waals surface area contributed by atoms with Crippen molar-refractivity contribution in [2.45, 2.75) is 53.0 Å². The number of piperazine rings is 1. The van der Waals surface area contributed by atoms with Crippen molar-refractivity contribution in [2.24, 2.45) is 0 Å². The third-order valence-corrected chi connectivity index (χ3v) is 5.57. The smallest absolute Gasteiger partial charge is 0.241 e. The van der Waals surface area contributed by atoms with Crippen molar-refractivity contribution in [1.29, 1.82) is 0 Å². The lowest BCUT2D eigenvalue weighted by Crippen LogP contribution is -2.53. The molecular formula is C23H33N5O. The van der Waals surface area contributed by atoms with E-state index in [1.807, 2.05) is 26.0 Å². The summed E-state index contributed by atoms with van der Waals surface area (Å²) in [7, 11) is 0. The maximum Gasteiger partial charge on any atom is 0.241 e. The molecule has 1 saturated heterocycles. The first-order chi connectivity index (χ1) is 13.9. The molecule has 0 bridgehead atoms. The van der Waals surface area contributed by atoms with Gasteiger partial charge in [0.05, 0.1) is 6.04 Å². The summed E-state index contributed by atoms with van der Waals surface area (Å²) in [6.45, 7) is 13.8. The Morgan fingerprint density at radius 2 is 1.72 bits per heavy atom. The molecule has 0 saturated carbocycles. The Morgan fingerprint density at radius 1 is 1.07 bits per heavy atom. The summed E-state index contributed by atoms with van der Waals surface area (Å²) >= 11 is 0. The van der Waals surface area contributed by atoms with E-state index in [0.717, 1.165) is 55.6 Å². The second kappa shape index (κ2) is 9.35. The summed E-state index contributed by atoms with van der Waals surface area (Å²) in [6.07, 6.45) is 0.999. The third kappa shape index (κ3) is 5.32. The van der Waals surface area contributed by atoms with Crippen LogP contribution in [-0.2, 0) is 11.2 Å². The van der Waals surface area contributed by atoms with Gasteiger partial charge in [-0.3, -0.25) is 9.69 Å². The largest absolute Gasteiger partial charge is 0.354 e. The van der Waals surface area contributed by atoms with Gasteiger partial charge in [0, 0.05) is 49.5 Å². The normalized spacial score (nSPS) is 16.1. The summed E-state index contributed by atoms with van der Waals surface area (Å²) in [5.74, 6) is 2.24. The number of anilines is 2. The van der Waals surface area contributed by atoms with E-state index in [9.17, 15) is 4.79 Å². The molecule has 1 aliphatic rings. The SMILES string of the molecule is CCc1ccc(NC(=O)C(C)N2CCN(c3cc(C)nc(C(C)C)n3)CC2)cc1. The number of carbonyl (C=O) groups excluding carboxylic acids is 1. The van der Waals surface area contributed by atoms with Gasteiger partial charge in [0.2, 0.25) is 5.91 Å². The van der Waals surface area contributed by atoms with E-state index in [1.54, 1.807) is 0 Å². The number of benzene rings is 1. The summed E-state index contributed by atoms with van der Waals surface area (Å²) in [5, 5.41) is 3.05. The van der Waals surface area contributed by atoms with Crippen molar-refractivity contribution in [2.75, 3.05) is 36.4 Å². The molecule has 1 aliphatic heterocycles. The number of nitrogens with zero attached hydrogens (tertiary/aromatic N) is 4. The van der Waals surface area contributed by atoms with Crippen LogP contribution >= 0.6 is 0 Å². The van der Waals surface area contributed by atoms with E-state index < -0.39 is 0 Å². The van der Waals surface area contributed by atoms with Crippen molar-refractivity contribution in [3.8, 4) is 0 Å². The van der Waals surface area contributed by atoms with Crippen LogP contribution in [0.1, 0.15) is 50.7 Å². The van der Waals surface area contributed by atoms with Gasteiger partial charge in [-0.15, -0.1) is 0 Å². The van der Waals surface area contributed by atoms with Crippen LogP contribution in [0.5, 0.6) is 0 Å². The van der Waals surface area contributed by atoms with Crippen LogP contribution in [-0.4, -0.2) is 53.0 Å². The Morgan fingerprint density at radius 3 is 2.31 bits per heavy atom. The number of aryl methyl sites for hydroxylation is 2. The van der Waals surface area contributed by atoms with Gasteiger partial charge in [0.1, 0.15) is 11.6 Å². The Hall–Kier alpha value is -2.47. The molecule has 0 spiro atoms. The average Bonchev–Trinajstić information content (AvgIpc) is 2.73. The molecule has 1 aromatic heterocycles. The first kappa shape index (κ1) is 21.2. The lowest BCUT2D eigenvalue weighted by Gasteiger charge is -2.38. The molecule has 0 aliphatic carbocycles. The van der Waals surface area contributed by atoms with Crippen LogP contribution in [0.4, 0.5) is 11.5 Å². The number of nitrogens with one attached hydrogen (secondary N) is 1. The predicted octanol–water partition coefficient (Wildman–Crippen LogP) is 3.62. The van der Waals surface area contributed by atoms with Crippen LogP contribution in [0.25, 0.3) is 0 Å². The van der Waals surface area contributed by atoms with Crippen LogP contribution in [0.15, 0.2) is 30.3 Å². The molecule has 1 aromatic carbocycles. The minimum absolute atomic E-state index is 0.0441. The highest BCUT2D eigenvalue weighted by molar-refractivity contribution is 5.94. The lowest BCUT2D eigenvalue weighted by molar-refractivity contribution is -0.120. The van der Waals surface area contributed by atoms with Crippen LogP contribution in [0.2, 0.25) is 0 Å². The zero-order valence-electron chi connectivity index (χ0n) is 18.3. The van der Waals surface area contributed by atoms with Gasteiger partial charge in [-0.1, -0.05) is 32.9 Å². The van der Waals surface area contributed by atoms with E-state index in [0.29, 0.717) is 5.92 Å². The highest BCUT2D eigenvalue weighted by atomic mass is 16.2. The van der Waals surface area contributed by atoms with Crippen LogP contribution in [0.3, 0.4) is 0 Å². The number of hydrogen-bond acceptors (Lipinski definition) is 5. The highest BCUT2D eigenvalue weighted by Gasteiger charge is 2.26. The van der Waals surface area contributed by atoms with E-state index in [1.165, 1.54) is 5.56 Å². The Bertz CT molecular complexity index is 826. The molecule has 6 nitrogen and oxygen atoms in total. The first-order valence-electron chi connectivity index (χ1n) is 10.6. The van der Waals surface area contributed by atoms with E-state index >= 15 is 0 Å². The molecule has 1 atom stereocenters. The number of hydrogen-bond donors (Lipinski definition) is 1.